The molecule has 1 aliphatic rings. The van der Waals surface area contributed by atoms with Crippen LogP contribution in [0.1, 0.15) is 12.8 Å². The van der Waals surface area contributed by atoms with Crippen molar-refractivity contribution in [2.75, 3.05) is 38.8 Å². The second-order valence-corrected chi connectivity index (χ2v) is 5.54. The second-order valence-electron chi connectivity index (χ2n) is 5.54. The van der Waals surface area contributed by atoms with E-state index in [0.29, 0.717) is 32.5 Å². The van der Waals surface area contributed by atoms with Gasteiger partial charge in [0, 0.05) is 45.6 Å². The van der Waals surface area contributed by atoms with Crippen molar-refractivity contribution >= 4 is 17.5 Å². The Hall–Kier alpha value is -2.02. The number of benzene rings is 1. The zero-order valence-corrected chi connectivity index (χ0v) is 13.2. The number of hydrogen-bond donors (Lipinski definition) is 0. The maximum absolute atomic E-state index is 13.3. The summed E-state index contributed by atoms with van der Waals surface area (Å²) in [7, 11) is 3.23. The van der Waals surface area contributed by atoms with Crippen molar-refractivity contribution in [1.82, 2.24) is 4.90 Å². The van der Waals surface area contributed by atoms with E-state index in [1.54, 1.807) is 14.2 Å². The van der Waals surface area contributed by atoms with Crippen LogP contribution in [-0.2, 0) is 14.3 Å². The van der Waals surface area contributed by atoms with Gasteiger partial charge in [-0.05, 0) is 25.0 Å². The summed E-state index contributed by atoms with van der Waals surface area (Å²) in [5.74, 6) is -3.38. The molecule has 1 unspecified atom stereocenters. The summed E-state index contributed by atoms with van der Waals surface area (Å²) >= 11 is 0. The fraction of sp³-hybridized carbons (Fsp3) is 0.500. The maximum Gasteiger partial charge on any atom is 0.239 e. The van der Waals surface area contributed by atoms with Gasteiger partial charge in [-0.25, -0.2) is 8.78 Å². The molecular formula is C16H20F2N2O3. The Labute approximate surface area is 133 Å². The van der Waals surface area contributed by atoms with Crippen molar-refractivity contribution in [3.05, 3.63) is 29.8 Å². The third-order valence-corrected chi connectivity index (χ3v) is 3.94. The molecule has 126 valence electrons. The van der Waals surface area contributed by atoms with E-state index >= 15 is 0 Å². The Balaban J connectivity index is 2.03. The van der Waals surface area contributed by atoms with E-state index in [0.717, 1.165) is 12.1 Å². The molecule has 1 saturated heterocycles. The molecule has 1 heterocycles. The van der Waals surface area contributed by atoms with Crippen LogP contribution < -0.4 is 4.90 Å². The van der Waals surface area contributed by atoms with Gasteiger partial charge in [0.15, 0.2) is 11.6 Å². The molecule has 1 aromatic rings. The number of rotatable bonds is 6. The fourth-order valence-corrected chi connectivity index (χ4v) is 2.64. The third kappa shape index (κ3) is 3.85. The lowest BCUT2D eigenvalue weighted by Gasteiger charge is -2.21. The van der Waals surface area contributed by atoms with E-state index in [1.807, 2.05) is 0 Å². The van der Waals surface area contributed by atoms with Crippen molar-refractivity contribution in [2.45, 2.75) is 12.8 Å². The SMILES string of the molecule is COCCCN(C)C(=O)C1CCN(c2ccc(F)c(F)c2)C1=O. The smallest absolute Gasteiger partial charge is 0.239 e. The minimum Gasteiger partial charge on any atom is -0.385 e. The molecule has 0 spiro atoms. The highest BCUT2D eigenvalue weighted by Gasteiger charge is 2.39. The Morgan fingerprint density at radius 1 is 1.39 bits per heavy atom. The van der Waals surface area contributed by atoms with Crippen LogP contribution in [0.5, 0.6) is 0 Å². The van der Waals surface area contributed by atoms with Gasteiger partial charge in [-0.1, -0.05) is 0 Å². The van der Waals surface area contributed by atoms with E-state index in [-0.39, 0.29) is 17.5 Å². The summed E-state index contributed by atoms with van der Waals surface area (Å²) in [5, 5.41) is 0. The van der Waals surface area contributed by atoms with Crippen LogP contribution in [0.15, 0.2) is 18.2 Å². The van der Waals surface area contributed by atoms with Gasteiger partial charge >= 0.3 is 0 Å². The molecule has 7 heteroatoms. The quantitative estimate of drug-likeness (QED) is 0.592. The molecule has 5 nitrogen and oxygen atoms in total. The van der Waals surface area contributed by atoms with E-state index < -0.39 is 17.6 Å². The first-order valence-corrected chi connectivity index (χ1v) is 7.46. The standard InChI is InChI=1S/C16H20F2N2O3/c1-19(7-3-9-23-2)15(21)12-6-8-20(16(12)22)11-4-5-13(17)14(18)10-11/h4-5,10,12H,3,6-9H2,1-2H3. The Bertz CT molecular complexity index is 595. The lowest BCUT2D eigenvalue weighted by molar-refractivity contribution is -0.138. The van der Waals surface area contributed by atoms with Gasteiger partial charge in [0.25, 0.3) is 0 Å². The second kappa shape index (κ2) is 7.50. The first-order valence-electron chi connectivity index (χ1n) is 7.46. The molecule has 0 saturated carbocycles. The van der Waals surface area contributed by atoms with Gasteiger partial charge < -0.3 is 14.5 Å². The molecule has 23 heavy (non-hydrogen) atoms. The van der Waals surface area contributed by atoms with E-state index in [9.17, 15) is 18.4 Å². The van der Waals surface area contributed by atoms with Crippen LogP contribution in [0.4, 0.5) is 14.5 Å². The molecular weight excluding hydrogens is 306 g/mol. The first-order chi connectivity index (χ1) is 11.0. The minimum atomic E-state index is -1.01. The number of ether oxygens (including phenoxy) is 1. The largest absolute Gasteiger partial charge is 0.385 e. The lowest BCUT2D eigenvalue weighted by atomic mass is 10.1. The zero-order valence-electron chi connectivity index (χ0n) is 13.2. The van der Waals surface area contributed by atoms with Crippen molar-refractivity contribution < 1.29 is 23.1 Å². The maximum atomic E-state index is 13.3. The molecule has 2 amide bonds. The van der Waals surface area contributed by atoms with Gasteiger partial charge in [-0.3, -0.25) is 9.59 Å². The number of anilines is 1. The predicted molar refractivity (Wildman–Crippen MR) is 80.9 cm³/mol. The number of carbonyl (C=O) groups is 2. The molecule has 1 atom stereocenters. The van der Waals surface area contributed by atoms with Crippen LogP contribution in [0, 0.1) is 17.6 Å². The molecule has 0 radical (unpaired) electrons. The Morgan fingerprint density at radius 2 is 2.13 bits per heavy atom. The number of methoxy groups -OCH3 is 1. The van der Waals surface area contributed by atoms with Crippen molar-refractivity contribution in [1.29, 1.82) is 0 Å². The summed E-state index contributed by atoms with van der Waals surface area (Å²) in [6.45, 7) is 1.35. The van der Waals surface area contributed by atoms with Gasteiger partial charge in [0.2, 0.25) is 11.8 Å². The molecule has 0 aromatic heterocycles. The number of carbonyl (C=O) groups excluding carboxylic acids is 2. The summed E-state index contributed by atoms with van der Waals surface area (Å²) in [5.41, 5.74) is 0.270. The van der Waals surface area contributed by atoms with Gasteiger partial charge in [-0.2, -0.15) is 0 Å². The Morgan fingerprint density at radius 3 is 2.78 bits per heavy atom. The molecule has 0 N–H and O–H groups in total. The fourth-order valence-electron chi connectivity index (χ4n) is 2.64. The monoisotopic (exact) mass is 326 g/mol. The highest BCUT2D eigenvalue weighted by Crippen LogP contribution is 2.27. The van der Waals surface area contributed by atoms with Gasteiger partial charge in [0.1, 0.15) is 5.92 Å². The van der Waals surface area contributed by atoms with Gasteiger partial charge in [-0.15, -0.1) is 0 Å². The molecule has 1 fully saturated rings. The number of hydrogen-bond acceptors (Lipinski definition) is 3. The van der Waals surface area contributed by atoms with E-state index in [1.165, 1.54) is 15.9 Å². The van der Waals surface area contributed by atoms with E-state index in [4.69, 9.17) is 4.74 Å². The zero-order chi connectivity index (χ0) is 17.0. The van der Waals surface area contributed by atoms with Crippen LogP contribution >= 0.6 is 0 Å². The molecule has 1 aromatic carbocycles. The van der Waals surface area contributed by atoms with Crippen LogP contribution in [-0.4, -0.2) is 50.6 Å². The van der Waals surface area contributed by atoms with E-state index in [2.05, 4.69) is 0 Å². The highest BCUT2D eigenvalue weighted by atomic mass is 19.2. The van der Waals surface area contributed by atoms with Crippen molar-refractivity contribution in [3.63, 3.8) is 0 Å². The predicted octanol–water partition coefficient (Wildman–Crippen LogP) is 1.81. The first kappa shape index (κ1) is 17.3. The lowest BCUT2D eigenvalue weighted by Crippen LogP contribution is -2.38. The molecule has 1 aliphatic heterocycles. The average Bonchev–Trinajstić information content (AvgIpc) is 2.91. The highest BCUT2D eigenvalue weighted by molar-refractivity contribution is 6.09. The number of amides is 2. The van der Waals surface area contributed by atoms with Crippen molar-refractivity contribution in [2.24, 2.45) is 5.92 Å². The van der Waals surface area contributed by atoms with Gasteiger partial charge in [0.05, 0.1) is 0 Å². The summed E-state index contributed by atoms with van der Waals surface area (Å²) in [6, 6.07) is 3.29. The molecule has 0 aliphatic carbocycles. The van der Waals surface area contributed by atoms with Crippen LogP contribution in [0.3, 0.4) is 0 Å². The summed E-state index contributed by atoms with van der Waals surface area (Å²) in [6.07, 6.45) is 1.05. The number of halogens is 2. The summed E-state index contributed by atoms with van der Waals surface area (Å²) in [4.78, 5) is 27.6. The Kier molecular flexibility index (Phi) is 5.65. The molecule has 2 rings (SSSR count). The summed E-state index contributed by atoms with van der Waals surface area (Å²) < 4.78 is 31.2. The third-order valence-electron chi connectivity index (χ3n) is 3.94. The van der Waals surface area contributed by atoms with Crippen LogP contribution in [0.25, 0.3) is 0 Å². The number of nitrogens with zero attached hydrogens (tertiary/aromatic N) is 2. The average molecular weight is 326 g/mol. The van der Waals surface area contributed by atoms with Crippen LogP contribution in [0.2, 0.25) is 0 Å². The van der Waals surface area contributed by atoms with Crippen molar-refractivity contribution in [3.8, 4) is 0 Å². The minimum absolute atomic E-state index is 0.254. The molecule has 0 bridgehead atoms. The topological polar surface area (TPSA) is 49.9 Å². The normalized spacial score (nSPS) is 17.7.